The van der Waals surface area contributed by atoms with Gasteiger partial charge in [-0.25, -0.2) is 4.98 Å². The molecule has 2 aromatic heterocycles. The number of carbonyl (C=O) groups is 2. The van der Waals surface area contributed by atoms with Crippen molar-refractivity contribution in [1.29, 1.82) is 0 Å². The minimum atomic E-state index is -4.50. The maximum atomic E-state index is 12.6. The van der Waals surface area contributed by atoms with E-state index in [9.17, 15) is 22.8 Å². The predicted molar refractivity (Wildman–Crippen MR) is 98.3 cm³/mol. The fourth-order valence-electron chi connectivity index (χ4n) is 2.29. The van der Waals surface area contributed by atoms with Gasteiger partial charge in [-0.3, -0.25) is 14.6 Å². The van der Waals surface area contributed by atoms with Crippen molar-refractivity contribution >= 4 is 29.1 Å². The monoisotopic (exact) mass is 414 g/mol. The molecule has 0 spiro atoms. The molecule has 0 aromatic carbocycles. The lowest BCUT2D eigenvalue weighted by molar-refractivity contribution is -0.137. The number of anilines is 1. The van der Waals surface area contributed by atoms with Gasteiger partial charge in [-0.15, -0.1) is 0 Å². The number of amides is 1. The Morgan fingerprint density at radius 2 is 1.93 bits per heavy atom. The Balaban J connectivity index is 1.79. The van der Waals surface area contributed by atoms with Crippen LogP contribution in [0.1, 0.15) is 35.0 Å². The quantitative estimate of drug-likeness (QED) is 0.646. The van der Waals surface area contributed by atoms with Crippen molar-refractivity contribution in [2.75, 3.05) is 18.4 Å². The summed E-state index contributed by atoms with van der Waals surface area (Å²) in [5, 5.41) is 5.41. The molecule has 2 N–H and O–H groups in total. The lowest BCUT2D eigenvalue weighted by Gasteiger charge is -2.11. The average molecular weight is 415 g/mol. The molecular weight excluding hydrogens is 397 g/mol. The molecule has 0 atom stereocenters. The lowest BCUT2D eigenvalue weighted by Crippen LogP contribution is -2.26. The van der Waals surface area contributed by atoms with Gasteiger partial charge >= 0.3 is 6.18 Å². The molecular formula is C18H18ClF3N4O2. The van der Waals surface area contributed by atoms with E-state index in [1.165, 1.54) is 13.1 Å². The van der Waals surface area contributed by atoms with Crippen LogP contribution in [0.5, 0.6) is 0 Å². The number of Topliss-reactive ketones (excluding diaryl/α,β-unsaturated/α-hetero) is 1. The Bertz CT molecular complexity index is 859. The summed E-state index contributed by atoms with van der Waals surface area (Å²) in [5.41, 5.74) is -0.00620. The predicted octanol–water partition coefficient (Wildman–Crippen LogP) is 3.51. The molecule has 0 aliphatic heterocycles. The average Bonchev–Trinajstić information content (AvgIpc) is 2.61. The molecule has 0 fully saturated rings. The van der Waals surface area contributed by atoms with Crippen molar-refractivity contribution in [3.63, 3.8) is 0 Å². The van der Waals surface area contributed by atoms with Gasteiger partial charge in [0.25, 0.3) is 5.91 Å². The number of ketones is 1. The molecule has 2 aromatic rings. The first-order chi connectivity index (χ1) is 13.2. The van der Waals surface area contributed by atoms with Crippen LogP contribution in [-0.2, 0) is 17.4 Å². The fraction of sp³-hybridized carbons (Fsp3) is 0.333. The summed E-state index contributed by atoms with van der Waals surface area (Å²) in [6.07, 6.45) is -1.68. The van der Waals surface area contributed by atoms with E-state index < -0.39 is 11.7 Å². The first-order valence-corrected chi connectivity index (χ1v) is 8.74. The minimum Gasteiger partial charge on any atom is -0.369 e. The van der Waals surface area contributed by atoms with Crippen molar-refractivity contribution in [2.24, 2.45) is 0 Å². The van der Waals surface area contributed by atoms with Crippen molar-refractivity contribution < 1.29 is 22.8 Å². The third-order valence-electron chi connectivity index (χ3n) is 3.61. The van der Waals surface area contributed by atoms with Gasteiger partial charge in [0.1, 0.15) is 11.6 Å². The molecule has 0 saturated carbocycles. The van der Waals surface area contributed by atoms with Gasteiger partial charge in [-0.2, -0.15) is 13.2 Å². The van der Waals surface area contributed by atoms with Crippen molar-refractivity contribution in [2.45, 2.75) is 25.9 Å². The Hall–Kier alpha value is -2.68. The van der Waals surface area contributed by atoms with E-state index >= 15 is 0 Å². The summed E-state index contributed by atoms with van der Waals surface area (Å²) >= 11 is 5.80. The van der Waals surface area contributed by atoms with E-state index in [1.54, 1.807) is 12.1 Å². The van der Waals surface area contributed by atoms with Crippen LogP contribution in [0, 0.1) is 0 Å². The molecule has 150 valence electrons. The van der Waals surface area contributed by atoms with Crippen LogP contribution in [0.15, 0.2) is 30.6 Å². The maximum absolute atomic E-state index is 12.6. The lowest BCUT2D eigenvalue weighted by atomic mass is 10.1. The molecule has 0 radical (unpaired) electrons. The number of hydrogen-bond donors (Lipinski definition) is 2. The van der Waals surface area contributed by atoms with E-state index in [1.807, 2.05) is 0 Å². The summed E-state index contributed by atoms with van der Waals surface area (Å²) in [4.78, 5) is 31.0. The maximum Gasteiger partial charge on any atom is 0.417 e. The zero-order valence-corrected chi connectivity index (χ0v) is 15.7. The highest BCUT2D eigenvalue weighted by atomic mass is 35.5. The normalized spacial score (nSPS) is 11.2. The molecule has 2 rings (SSSR count). The Morgan fingerprint density at radius 1 is 1.18 bits per heavy atom. The Labute approximate surface area is 164 Å². The third kappa shape index (κ3) is 6.49. The largest absolute Gasteiger partial charge is 0.417 e. The van der Waals surface area contributed by atoms with Crippen LogP contribution >= 0.6 is 11.6 Å². The van der Waals surface area contributed by atoms with Gasteiger partial charge in [0.15, 0.2) is 0 Å². The van der Waals surface area contributed by atoms with Gasteiger partial charge in [0, 0.05) is 43.2 Å². The molecule has 0 aliphatic rings. The summed E-state index contributed by atoms with van der Waals surface area (Å²) < 4.78 is 37.7. The highest BCUT2D eigenvalue weighted by Gasteiger charge is 2.31. The molecule has 0 saturated heterocycles. The Kier molecular flexibility index (Phi) is 7.33. The number of rotatable bonds is 8. The molecule has 0 unspecified atom stereocenters. The van der Waals surface area contributed by atoms with Gasteiger partial charge in [-0.05, 0) is 31.5 Å². The zero-order chi connectivity index (χ0) is 20.7. The number of alkyl halides is 3. The van der Waals surface area contributed by atoms with E-state index in [0.29, 0.717) is 37.0 Å². The Morgan fingerprint density at radius 3 is 2.57 bits per heavy atom. The second-order valence-electron chi connectivity index (χ2n) is 6.00. The van der Waals surface area contributed by atoms with Crippen molar-refractivity contribution in [3.8, 4) is 0 Å². The molecule has 0 bridgehead atoms. The molecule has 10 heteroatoms. The van der Waals surface area contributed by atoms with Gasteiger partial charge < -0.3 is 10.6 Å². The standard InChI is InChI=1S/C18H18ClF3N4O2/c1-11(27)7-14-8-12(3-6-23-14)17(28)25-5-2-4-24-16-15(19)9-13(10-26-16)18(20,21)22/h3,6,8-10H,2,4-5,7H2,1H3,(H,24,26)(H,25,28). The number of pyridine rings is 2. The second kappa shape index (κ2) is 9.50. The smallest absolute Gasteiger partial charge is 0.369 e. The fourth-order valence-corrected chi connectivity index (χ4v) is 2.53. The van der Waals surface area contributed by atoms with Crippen molar-refractivity contribution in [3.05, 3.63) is 52.4 Å². The summed E-state index contributed by atoms with van der Waals surface area (Å²) in [6.45, 7) is 2.12. The van der Waals surface area contributed by atoms with Crippen LogP contribution in [0.2, 0.25) is 5.02 Å². The van der Waals surface area contributed by atoms with Crippen LogP contribution in [0.3, 0.4) is 0 Å². The second-order valence-corrected chi connectivity index (χ2v) is 6.41. The molecule has 28 heavy (non-hydrogen) atoms. The number of nitrogens with one attached hydrogen (secondary N) is 2. The van der Waals surface area contributed by atoms with Gasteiger partial charge in [0.2, 0.25) is 0 Å². The number of nitrogens with zero attached hydrogens (tertiary/aromatic N) is 2. The SMILES string of the molecule is CC(=O)Cc1cc(C(=O)NCCCNc2ncc(C(F)(F)F)cc2Cl)ccn1. The van der Waals surface area contributed by atoms with Crippen molar-refractivity contribution in [1.82, 2.24) is 15.3 Å². The summed E-state index contributed by atoms with van der Waals surface area (Å²) in [7, 11) is 0. The molecule has 0 aliphatic carbocycles. The number of aromatic nitrogens is 2. The van der Waals surface area contributed by atoms with Gasteiger partial charge in [0.05, 0.1) is 10.6 Å². The first kappa shape index (κ1) is 21.6. The van der Waals surface area contributed by atoms with E-state index in [0.717, 1.165) is 6.07 Å². The van der Waals surface area contributed by atoms with Crippen LogP contribution in [0.25, 0.3) is 0 Å². The molecule has 6 nitrogen and oxygen atoms in total. The van der Waals surface area contributed by atoms with Gasteiger partial charge in [-0.1, -0.05) is 11.6 Å². The minimum absolute atomic E-state index is 0.0494. The first-order valence-electron chi connectivity index (χ1n) is 8.36. The highest BCUT2D eigenvalue weighted by Crippen LogP contribution is 2.32. The molecule has 1 amide bonds. The highest BCUT2D eigenvalue weighted by molar-refractivity contribution is 6.32. The summed E-state index contributed by atoms with van der Waals surface area (Å²) in [5.74, 6) is -0.214. The zero-order valence-electron chi connectivity index (χ0n) is 14.9. The summed E-state index contributed by atoms with van der Waals surface area (Å²) in [6, 6.07) is 3.91. The number of halogens is 4. The van der Waals surface area contributed by atoms with Crippen LogP contribution in [0.4, 0.5) is 19.0 Å². The topological polar surface area (TPSA) is 84.0 Å². The van der Waals surface area contributed by atoms with E-state index in [4.69, 9.17) is 11.6 Å². The number of hydrogen-bond acceptors (Lipinski definition) is 5. The van der Waals surface area contributed by atoms with E-state index in [2.05, 4.69) is 20.6 Å². The van der Waals surface area contributed by atoms with Crippen LogP contribution in [-0.4, -0.2) is 34.7 Å². The third-order valence-corrected chi connectivity index (χ3v) is 3.90. The van der Waals surface area contributed by atoms with Crippen LogP contribution < -0.4 is 10.6 Å². The number of carbonyl (C=O) groups excluding carboxylic acids is 2. The molecule has 2 heterocycles. The van der Waals surface area contributed by atoms with E-state index in [-0.39, 0.29) is 29.0 Å².